The fourth-order valence-electron chi connectivity index (χ4n) is 2.72. The molecule has 3 aromatic rings. The van der Waals surface area contributed by atoms with Crippen LogP contribution in [0.3, 0.4) is 0 Å². The van der Waals surface area contributed by atoms with Crippen LogP contribution in [0, 0.1) is 0 Å². The molecule has 4 nitrogen and oxygen atoms in total. The average Bonchev–Trinajstić information content (AvgIpc) is 2.61. The molecule has 0 spiro atoms. The number of sulfone groups is 1. The van der Waals surface area contributed by atoms with E-state index in [4.69, 9.17) is 4.74 Å². The number of benzene rings is 3. The Morgan fingerprint density at radius 1 is 0.875 bits per heavy atom. The lowest BCUT2D eigenvalue weighted by atomic mass is 10.0. The first-order valence-electron chi connectivity index (χ1n) is 7.44. The van der Waals surface area contributed by atoms with Crippen molar-refractivity contribution in [2.24, 2.45) is 0 Å². The largest absolute Gasteiger partial charge is 0.463 e. The zero-order valence-electron chi connectivity index (χ0n) is 12.9. The molecule has 0 heterocycles. The summed E-state index contributed by atoms with van der Waals surface area (Å²) >= 11 is 0. The van der Waals surface area contributed by atoms with Gasteiger partial charge in [-0.1, -0.05) is 54.6 Å². The Labute approximate surface area is 140 Å². The monoisotopic (exact) mass is 340 g/mol. The van der Waals surface area contributed by atoms with E-state index in [0.717, 1.165) is 16.3 Å². The fourth-order valence-corrected chi connectivity index (χ4v) is 4.14. The molecule has 0 saturated heterocycles. The van der Waals surface area contributed by atoms with Gasteiger partial charge in [-0.2, -0.15) is 0 Å². The molecule has 0 aromatic heterocycles. The summed E-state index contributed by atoms with van der Waals surface area (Å²) in [6.45, 7) is 0.418. The molecule has 0 aliphatic carbocycles. The van der Waals surface area contributed by atoms with E-state index in [1.165, 1.54) is 0 Å². The van der Waals surface area contributed by atoms with Gasteiger partial charge < -0.3 is 4.74 Å². The molecule has 0 saturated carbocycles. The quantitative estimate of drug-likeness (QED) is 0.645. The van der Waals surface area contributed by atoms with Crippen LogP contribution in [-0.4, -0.2) is 14.9 Å². The maximum absolute atomic E-state index is 12.7. The second-order valence-electron chi connectivity index (χ2n) is 5.40. The number of rotatable bonds is 6. The van der Waals surface area contributed by atoms with E-state index >= 15 is 0 Å². The van der Waals surface area contributed by atoms with E-state index in [2.05, 4.69) is 0 Å². The molecule has 0 atom stereocenters. The highest BCUT2D eigenvalue weighted by molar-refractivity contribution is 7.90. The molecule has 122 valence electrons. The highest BCUT2D eigenvalue weighted by atomic mass is 32.2. The maximum Gasteiger partial charge on any atom is 0.293 e. The van der Waals surface area contributed by atoms with Gasteiger partial charge >= 0.3 is 0 Å². The smallest absolute Gasteiger partial charge is 0.293 e. The first-order valence-corrected chi connectivity index (χ1v) is 9.09. The van der Waals surface area contributed by atoms with E-state index in [9.17, 15) is 13.2 Å². The van der Waals surface area contributed by atoms with Gasteiger partial charge in [-0.3, -0.25) is 4.79 Å². The molecule has 0 unspecified atom stereocenters. The van der Waals surface area contributed by atoms with Crippen molar-refractivity contribution in [1.29, 1.82) is 0 Å². The number of hydrogen-bond acceptors (Lipinski definition) is 4. The molecule has 0 radical (unpaired) electrons. The fraction of sp³-hybridized carbons (Fsp3) is 0.105. The van der Waals surface area contributed by atoms with Gasteiger partial charge in [-0.15, -0.1) is 0 Å². The first-order chi connectivity index (χ1) is 11.6. The molecule has 5 heteroatoms. The summed E-state index contributed by atoms with van der Waals surface area (Å²) < 4.78 is 30.2. The van der Waals surface area contributed by atoms with Crippen molar-refractivity contribution in [3.05, 3.63) is 77.9 Å². The summed E-state index contributed by atoms with van der Waals surface area (Å²) in [7, 11) is -3.47. The molecule has 0 N–H and O–H groups in total. The third kappa shape index (κ3) is 3.31. The number of hydrogen-bond donors (Lipinski definition) is 0. The van der Waals surface area contributed by atoms with Gasteiger partial charge in [-0.05, 0) is 28.5 Å². The van der Waals surface area contributed by atoms with Gasteiger partial charge in [0.1, 0.15) is 6.61 Å². The molecule has 0 aliphatic rings. The van der Waals surface area contributed by atoms with Crippen LogP contribution in [0.1, 0.15) is 11.1 Å². The minimum Gasteiger partial charge on any atom is -0.463 e. The standard InChI is InChI=1S/C19H16O4S/c20-14-23-12-19-16(11-10-15-6-4-5-9-18(15)19)13-24(21,22)17-7-2-1-3-8-17/h1-11,14H,12-13H2. The Hall–Kier alpha value is -2.66. The van der Waals surface area contributed by atoms with Crippen LogP contribution < -0.4 is 0 Å². The predicted molar refractivity (Wildman–Crippen MR) is 92.1 cm³/mol. The van der Waals surface area contributed by atoms with Crippen molar-refractivity contribution >= 4 is 27.1 Å². The zero-order valence-corrected chi connectivity index (χ0v) is 13.7. The average molecular weight is 340 g/mol. The van der Waals surface area contributed by atoms with Crippen molar-refractivity contribution in [3.63, 3.8) is 0 Å². The van der Waals surface area contributed by atoms with Crippen LogP contribution in [0.5, 0.6) is 0 Å². The van der Waals surface area contributed by atoms with Crippen LogP contribution in [0.4, 0.5) is 0 Å². The van der Waals surface area contributed by atoms with E-state index in [1.807, 2.05) is 30.3 Å². The number of ether oxygens (including phenoxy) is 1. The topological polar surface area (TPSA) is 60.4 Å². The third-order valence-corrected chi connectivity index (χ3v) is 5.56. The molecule has 3 aromatic carbocycles. The van der Waals surface area contributed by atoms with Crippen molar-refractivity contribution in [1.82, 2.24) is 0 Å². The number of carbonyl (C=O) groups excluding carboxylic acids is 1. The van der Waals surface area contributed by atoms with Crippen LogP contribution in [-0.2, 0) is 31.7 Å². The van der Waals surface area contributed by atoms with E-state index in [1.54, 1.807) is 36.4 Å². The summed E-state index contributed by atoms with van der Waals surface area (Å²) in [4.78, 5) is 10.9. The summed E-state index contributed by atoms with van der Waals surface area (Å²) in [5.41, 5.74) is 1.36. The predicted octanol–water partition coefficient (Wildman–Crippen LogP) is 3.49. The van der Waals surface area contributed by atoms with Gasteiger partial charge in [0.05, 0.1) is 10.6 Å². The molecule has 0 amide bonds. The van der Waals surface area contributed by atoms with Gasteiger partial charge in [-0.25, -0.2) is 8.42 Å². The number of fused-ring (bicyclic) bond motifs is 1. The van der Waals surface area contributed by atoms with E-state index in [0.29, 0.717) is 12.0 Å². The van der Waals surface area contributed by atoms with Crippen molar-refractivity contribution in [2.45, 2.75) is 17.3 Å². The van der Waals surface area contributed by atoms with E-state index in [-0.39, 0.29) is 17.3 Å². The molecule has 0 fully saturated rings. The SMILES string of the molecule is O=COCc1c(CS(=O)(=O)c2ccccc2)ccc2ccccc12. The summed E-state index contributed by atoms with van der Waals surface area (Å²) in [6.07, 6.45) is 0. The lowest BCUT2D eigenvalue weighted by Crippen LogP contribution is -2.08. The lowest BCUT2D eigenvalue weighted by Gasteiger charge is -2.13. The Bertz CT molecular complexity index is 963. The van der Waals surface area contributed by atoms with Crippen LogP contribution in [0.15, 0.2) is 71.6 Å². The molecular weight excluding hydrogens is 324 g/mol. The molecule has 3 rings (SSSR count). The van der Waals surface area contributed by atoms with Gasteiger partial charge in [0.15, 0.2) is 9.84 Å². The van der Waals surface area contributed by atoms with Crippen molar-refractivity contribution < 1.29 is 17.9 Å². The second kappa shape index (κ2) is 6.84. The van der Waals surface area contributed by atoms with E-state index < -0.39 is 9.84 Å². The third-order valence-electron chi connectivity index (χ3n) is 3.88. The lowest BCUT2D eigenvalue weighted by molar-refractivity contribution is -0.129. The van der Waals surface area contributed by atoms with Gasteiger partial charge in [0.25, 0.3) is 6.47 Å². The minimum absolute atomic E-state index is 0.0461. The minimum atomic E-state index is -3.47. The normalized spacial score (nSPS) is 11.3. The van der Waals surface area contributed by atoms with Crippen molar-refractivity contribution in [2.75, 3.05) is 0 Å². The highest BCUT2D eigenvalue weighted by Gasteiger charge is 2.18. The summed E-state index contributed by atoms with van der Waals surface area (Å²) in [5, 5.41) is 1.86. The Balaban J connectivity index is 2.07. The molecule has 0 aliphatic heterocycles. The Morgan fingerprint density at radius 2 is 1.58 bits per heavy atom. The molecule has 24 heavy (non-hydrogen) atoms. The Kier molecular flexibility index (Phi) is 4.62. The maximum atomic E-state index is 12.7. The first kappa shape index (κ1) is 16.2. The Morgan fingerprint density at radius 3 is 2.33 bits per heavy atom. The summed E-state index contributed by atoms with van der Waals surface area (Å²) in [6, 6.07) is 19.6. The summed E-state index contributed by atoms with van der Waals surface area (Å²) in [5.74, 6) is -0.139. The van der Waals surface area contributed by atoms with Crippen LogP contribution >= 0.6 is 0 Å². The van der Waals surface area contributed by atoms with Crippen molar-refractivity contribution in [3.8, 4) is 0 Å². The second-order valence-corrected chi connectivity index (χ2v) is 7.39. The van der Waals surface area contributed by atoms with Gasteiger partial charge in [0.2, 0.25) is 0 Å². The highest BCUT2D eigenvalue weighted by Crippen LogP contribution is 2.26. The van der Waals surface area contributed by atoms with Crippen LogP contribution in [0.2, 0.25) is 0 Å². The molecular formula is C19H16O4S. The van der Waals surface area contributed by atoms with Crippen LogP contribution in [0.25, 0.3) is 10.8 Å². The molecule has 0 bridgehead atoms. The zero-order chi connectivity index (χ0) is 17.0. The van der Waals surface area contributed by atoms with Gasteiger partial charge in [0, 0.05) is 5.56 Å². The number of carbonyl (C=O) groups is 1.